The maximum Gasteiger partial charge on any atom is 0.192 e. The van der Waals surface area contributed by atoms with E-state index in [4.69, 9.17) is 4.43 Å². The summed E-state index contributed by atoms with van der Waals surface area (Å²) in [5, 5.41) is 0.326. The van der Waals surface area contributed by atoms with Crippen LogP contribution in [0.1, 0.15) is 60.8 Å². The van der Waals surface area contributed by atoms with Gasteiger partial charge in [0.1, 0.15) is 0 Å². The fourth-order valence-electron chi connectivity index (χ4n) is 4.47. The average molecular weight is 297 g/mol. The predicted octanol–water partition coefficient (Wildman–Crippen LogP) is 5.72. The summed E-state index contributed by atoms with van der Waals surface area (Å²) in [6.45, 7) is 19.3. The van der Waals surface area contributed by atoms with Gasteiger partial charge in [-0.05, 0) is 67.0 Å². The lowest BCUT2D eigenvalue weighted by molar-refractivity contribution is -0.00976. The number of fused-ring (bicyclic) bond motifs is 1. The van der Waals surface area contributed by atoms with Gasteiger partial charge in [-0.1, -0.05) is 41.5 Å². The molecule has 2 rings (SSSR count). The van der Waals surface area contributed by atoms with Crippen LogP contribution < -0.4 is 0 Å². The van der Waals surface area contributed by atoms with Gasteiger partial charge in [0.05, 0.1) is 6.10 Å². The van der Waals surface area contributed by atoms with Crippen LogP contribution in [0.2, 0.25) is 18.1 Å². The van der Waals surface area contributed by atoms with Crippen LogP contribution in [0.5, 0.6) is 0 Å². The Hall–Kier alpha value is 0.177. The van der Waals surface area contributed by atoms with Gasteiger partial charge in [-0.2, -0.15) is 0 Å². The van der Waals surface area contributed by atoms with Crippen molar-refractivity contribution in [1.29, 1.82) is 0 Å². The van der Waals surface area contributed by atoms with Crippen molar-refractivity contribution in [1.82, 2.24) is 0 Å². The first-order valence-corrected chi connectivity index (χ1v) is 11.6. The molecular weight excluding hydrogens is 260 g/mol. The summed E-state index contributed by atoms with van der Waals surface area (Å²) < 4.78 is 6.85. The second-order valence-electron chi connectivity index (χ2n) is 9.42. The van der Waals surface area contributed by atoms with Gasteiger partial charge >= 0.3 is 0 Å². The first kappa shape index (κ1) is 16.5. The summed E-state index contributed by atoms with van der Waals surface area (Å²) in [7, 11) is -1.64. The Bertz CT molecular complexity index is 344. The van der Waals surface area contributed by atoms with E-state index in [-0.39, 0.29) is 0 Å². The molecule has 0 heterocycles. The van der Waals surface area contributed by atoms with Gasteiger partial charge in [-0.15, -0.1) is 0 Å². The first-order valence-electron chi connectivity index (χ1n) is 8.70. The van der Waals surface area contributed by atoms with E-state index in [0.717, 1.165) is 29.6 Å². The van der Waals surface area contributed by atoms with Crippen LogP contribution in [-0.4, -0.2) is 14.4 Å². The van der Waals surface area contributed by atoms with Crippen LogP contribution in [0.3, 0.4) is 0 Å². The molecule has 20 heavy (non-hydrogen) atoms. The molecule has 6 atom stereocenters. The van der Waals surface area contributed by atoms with Gasteiger partial charge in [0.25, 0.3) is 0 Å². The molecule has 0 aromatic heterocycles. The third kappa shape index (κ3) is 3.01. The third-order valence-corrected chi connectivity index (χ3v) is 11.1. The summed E-state index contributed by atoms with van der Waals surface area (Å²) in [6, 6.07) is 0. The number of hydrogen-bond donors (Lipinski definition) is 0. The van der Waals surface area contributed by atoms with Crippen molar-refractivity contribution in [2.45, 2.75) is 85.0 Å². The Kier molecular flexibility index (Phi) is 4.49. The molecule has 0 amide bonds. The summed E-state index contributed by atoms with van der Waals surface area (Å²) in [5.41, 5.74) is 0. The Labute approximate surface area is 128 Å². The van der Waals surface area contributed by atoms with Gasteiger partial charge < -0.3 is 4.43 Å². The molecular formula is C18H36OSi. The molecule has 0 spiro atoms. The molecule has 5 unspecified atom stereocenters. The Morgan fingerprint density at radius 2 is 1.55 bits per heavy atom. The van der Waals surface area contributed by atoms with E-state index in [1.165, 1.54) is 19.3 Å². The zero-order chi connectivity index (χ0) is 15.3. The van der Waals surface area contributed by atoms with Crippen molar-refractivity contribution in [2.75, 3.05) is 0 Å². The Morgan fingerprint density at radius 3 is 2.10 bits per heavy atom. The van der Waals surface area contributed by atoms with Gasteiger partial charge in [0, 0.05) is 0 Å². The van der Waals surface area contributed by atoms with Crippen LogP contribution in [0, 0.1) is 29.6 Å². The average Bonchev–Trinajstić information content (AvgIpc) is 2.63. The molecule has 0 bridgehead atoms. The topological polar surface area (TPSA) is 9.23 Å². The van der Waals surface area contributed by atoms with Crippen LogP contribution in [0.15, 0.2) is 0 Å². The van der Waals surface area contributed by atoms with Crippen LogP contribution >= 0.6 is 0 Å². The summed E-state index contributed by atoms with van der Waals surface area (Å²) in [4.78, 5) is 0. The second-order valence-corrected chi connectivity index (χ2v) is 14.2. The maximum atomic E-state index is 6.85. The minimum absolute atomic E-state index is 0.326. The standard InChI is InChI=1S/C18H36OSi/c1-12-9-15-11-13(2)17(14(3)16(15)10-12)19-20(7,8)18(4,5)6/h12-17H,9-11H2,1-8H3/t12?,13?,14-,15?,16?,17?/m1/s1. The highest BCUT2D eigenvalue weighted by atomic mass is 28.4. The van der Waals surface area contributed by atoms with Crippen LogP contribution in [0.4, 0.5) is 0 Å². The highest BCUT2D eigenvalue weighted by molar-refractivity contribution is 6.74. The largest absolute Gasteiger partial charge is 0.413 e. The lowest BCUT2D eigenvalue weighted by Crippen LogP contribution is -2.50. The van der Waals surface area contributed by atoms with E-state index >= 15 is 0 Å². The van der Waals surface area contributed by atoms with Crippen LogP contribution in [0.25, 0.3) is 0 Å². The fourth-order valence-corrected chi connectivity index (χ4v) is 5.95. The summed E-state index contributed by atoms with van der Waals surface area (Å²) in [5.74, 6) is 4.34. The highest BCUT2D eigenvalue weighted by Crippen LogP contribution is 2.51. The van der Waals surface area contributed by atoms with E-state index < -0.39 is 8.32 Å². The van der Waals surface area contributed by atoms with Crippen molar-refractivity contribution in [2.24, 2.45) is 29.6 Å². The zero-order valence-electron chi connectivity index (χ0n) is 15.0. The normalized spacial score (nSPS) is 42.6. The molecule has 1 nitrogen and oxygen atoms in total. The molecule has 0 radical (unpaired) electrons. The van der Waals surface area contributed by atoms with Gasteiger partial charge in [-0.3, -0.25) is 0 Å². The Balaban J connectivity index is 2.12. The van der Waals surface area contributed by atoms with E-state index in [2.05, 4.69) is 54.6 Å². The Morgan fingerprint density at radius 1 is 0.950 bits per heavy atom. The molecule has 118 valence electrons. The maximum absolute atomic E-state index is 6.85. The molecule has 0 aromatic carbocycles. The minimum Gasteiger partial charge on any atom is -0.413 e. The van der Waals surface area contributed by atoms with E-state index in [1.54, 1.807) is 0 Å². The zero-order valence-corrected chi connectivity index (χ0v) is 16.0. The van der Waals surface area contributed by atoms with Crippen molar-refractivity contribution in [3.63, 3.8) is 0 Å². The smallest absolute Gasteiger partial charge is 0.192 e. The molecule has 0 saturated heterocycles. The molecule has 2 aliphatic rings. The monoisotopic (exact) mass is 296 g/mol. The SMILES string of the molecule is CC1CC2CC(C)C(O[Si](C)(C)C(C)(C)C)[C@H](C)C2C1. The van der Waals surface area contributed by atoms with E-state index in [9.17, 15) is 0 Å². The van der Waals surface area contributed by atoms with Crippen molar-refractivity contribution in [3.8, 4) is 0 Å². The quantitative estimate of drug-likeness (QED) is 0.593. The molecule has 2 heteroatoms. The van der Waals surface area contributed by atoms with Gasteiger partial charge in [0.15, 0.2) is 8.32 Å². The highest BCUT2D eigenvalue weighted by Gasteiger charge is 2.48. The van der Waals surface area contributed by atoms with E-state index in [1.807, 2.05) is 0 Å². The number of rotatable bonds is 2. The first-order chi connectivity index (χ1) is 9.03. The molecule has 0 aliphatic heterocycles. The summed E-state index contributed by atoms with van der Waals surface area (Å²) >= 11 is 0. The molecule has 2 fully saturated rings. The lowest BCUT2D eigenvalue weighted by atomic mass is 9.69. The van der Waals surface area contributed by atoms with Crippen LogP contribution in [-0.2, 0) is 4.43 Å². The summed E-state index contributed by atoms with van der Waals surface area (Å²) in [6.07, 6.45) is 4.81. The van der Waals surface area contributed by atoms with Gasteiger partial charge in [-0.25, -0.2) is 0 Å². The fraction of sp³-hybridized carbons (Fsp3) is 1.00. The molecule has 0 N–H and O–H groups in total. The molecule has 2 saturated carbocycles. The molecule has 0 aromatic rings. The second kappa shape index (κ2) is 5.42. The third-order valence-electron chi connectivity index (χ3n) is 6.65. The van der Waals surface area contributed by atoms with Crippen molar-refractivity contribution in [3.05, 3.63) is 0 Å². The van der Waals surface area contributed by atoms with Gasteiger partial charge in [0.2, 0.25) is 0 Å². The lowest BCUT2D eigenvalue weighted by Gasteiger charge is -2.48. The van der Waals surface area contributed by atoms with Crippen molar-refractivity contribution >= 4 is 8.32 Å². The van der Waals surface area contributed by atoms with Crippen molar-refractivity contribution < 1.29 is 4.43 Å². The van der Waals surface area contributed by atoms with E-state index in [0.29, 0.717) is 11.1 Å². The minimum atomic E-state index is -1.64. The number of hydrogen-bond acceptors (Lipinski definition) is 1. The predicted molar refractivity (Wildman–Crippen MR) is 90.4 cm³/mol. The molecule has 2 aliphatic carbocycles.